The van der Waals surface area contributed by atoms with Gasteiger partial charge in [-0.2, -0.15) is 0 Å². The van der Waals surface area contributed by atoms with Crippen molar-refractivity contribution in [2.24, 2.45) is 0 Å². The molecule has 0 aromatic heterocycles. The lowest BCUT2D eigenvalue weighted by Crippen LogP contribution is -2.31. The molecule has 0 radical (unpaired) electrons. The first kappa shape index (κ1) is 10.0. The van der Waals surface area contributed by atoms with Gasteiger partial charge in [0.15, 0.2) is 0 Å². The van der Waals surface area contributed by atoms with E-state index >= 15 is 0 Å². The van der Waals surface area contributed by atoms with Crippen LogP contribution >= 0.6 is 12.2 Å². The number of benzene rings is 1. The van der Waals surface area contributed by atoms with Gasteiger partial charge in [-0.15, -0.1) is 0 Å². The molecule has 0 bridgehead atoms. The van der Waals surface area contributed by atoms with Crippen LogP contribution in [0.3, 0.4) is 0 Å². The molecule has 15 heavy (non-hydrogen) atoms. The number of hydrogen-bond acceptors (Lipinski definition) is 4. The number of para-hydroxylation sites is 1. The molecule has 5 heteroatoms. The van der Waals surface area contributed by atoms with E-state index in [0.717, 1.165) is 0 Å². The Kier molecular flexibility index (Phi) is 2.01. The molecular weight excluding hydrogens is 214 g/mol. The van der Waals surface area contributed by atoms with Gasteiger partial charge in [-0.25, -0.2) is 0 Å². The van der Waals surface area contributed by atoms with Gasteiger partial charge in [0.1, 0.15) is 5.60 Å². The van der Waals surface area contributed by atoms with Gasteiger partial charge in [0, 0.05) is 11.6 Å². The molecule has 1 aliphatic heterocycles. The van der Waals surface area contributed by atoms with Crippen LogP contribution in [0.25, 0.3) is 0 Å². The zero-order valence-electron chi connectivity index (χ0n) is 8.31. The number of rotatable bonds is 1. The Bertz CT molecular complexity index is 468. The molecule has 1 aliphatic rings. The van der Waals surface area contributed by atoms with Gasteiger partial charge in [0.05, 0.1) is 9.79 Å². The number of nitro groups is 1. The van der Waals surface area contributed by atoms with Gasteiger partial charge in [-0.1, -0.05) is 18.3 Å². The summed E-state index contributed by atoms with van der Waals surface area (Å²) in [6, 6.07) is 4.79. The van der Waals surface area contributed by atoms with Crippen molar-refractivity contribution in [3.63, 3.8) is 0 Å². The summed E-state index contributed by atoms with van der Waals surface area (Å²) in [5.41, 5.74) is -0.00586. The van der Waals surface area contributed by atoms with Crippen molar-refractivity contribution in [1.82, 2.24) is 0 Å². The molecule has 0 N–H and O–H groups in total. The first-order valence-corrected chi connectivity index (χ1v) is 4.85. The molecule has 4 nitrogen and oxygen atoms in total. The first-order valence-electron chi connectivity index (χ1n) is 4.45. The summed E-state index contributed by atoms with van der Waals surface area (Å²) in [6.45, 7) is 3.61. The largest absolute Gasteiger partial charge is 0.475 e. The monoisotopic (exact) mass is 223 g/mol. The maximum atomic E-state index is 10.8. The highest BCUT2D eigenvalue weighted by molar-refractivity contribution is 7.81. The fourth-order valence-electron chi connectivity index (χ4n) is 1.58. The summed E-state index contributed by atoms with van der Waals surface area (Å²) in [6.07, 6.45) is 0. The number of thiocarbonyl (C=S) groups is 1. The highest BCUT2D eigenvalue weighted by Crippen LogP contribution is 2.41. The normalized spacial score (nSPS) is 17.1. The van der Waals surface area contributed by atoms with Crippen LogP contribution in [0.4, 0.5) is 5.69 Å². The zero-order valence-corrected chi connectivity index (χ0v) is 9.13. The minimum absolute atomic E-state index is 0.0274. The topological polar surface area (TPSA) is 52.4 Å². The molecule has 0 saturated carbocycles. The fraction of sp³-hybridized carbons (Fsp3) is 0.300. The van der Waals surface area contributed by atoms with Gasteiger partial charge in [-0.05, 0) is 19.9 Å². The van der Waals surface area contributed by atoms with E-state index in [1.807, 2.05) is 0 Å². The number of nitrogens with zero attached hydrogens (tertiary/aromatic N) is 1. The van der Waals surface area contributed by atoms with Gasteiger partial charge in [0.2, 0.25) is 5.75 Å². The molecule has 0 unspecified atom stereocenters. The third-order valence-electron chi connectivity index (χ3n) is 2.34. The van der Waals surface area contributed by atoms with Crippen molar-refractivity contribution in [3.8, 4) is 5.75 Å². The molecule has 0 spiro atoms. The van der Waals surface area contributed by atoms with Gasteiger partial charge in [0.25, 0.3) is 0 Å². The first-order chi connectivity index (χ1) is 6.93. The zero-order chi connectivity index (χ0) is 11.2. The summed E-state index contributed by atoms with van der Waals surface area (Å²) in [7, 11) is 0. The van der Waals surface area contributed by atoms with Crippen LogP contribution in [0.2, 0.25) is 0 Å². The van der Waals surface area contributed by atoms with E-state index in [4.69, 9.17) is 17.0 Å². The second-order valence-electron chi connectivity index (χ2n) is 3.85. The Hall–Kier alpha value is -1.49. The molecule has 1 aromatic carbocycles. The predicted molar refractivity (Wildman–Crippen MR) is 59.5 cm³/mol. The van der Waals surface area contributed by atoms with Crippen LogP contribution in [0.5, 0.6) is 5.75 Å². The van der Waals surface area contributed by atoms with Crippen molar-refractivity contribution < 1.29 is 9.66 Å². The van der Waals surface area contributed by atoms with Crippen LogP contribution in [0.15, 0.2) is 18.2 Å². The smallest absolute Gasteiger partial charge is 0.311 e. The Morgan fingerprint density at radius 2 is 2.13 bits per heavy atom. The second kappa shape index (κ2) is 3.00. The summed E-state index contributed by atoms with van der Waals surface area (Å²) < 4.78 is 5.52. The summed E-state index contributed by atoms with van der Waals surface area (Å²) in [5, 5.41) is 10.8. The van der Waals surface area contributed by atoms with Gasteiger partial charge in [-0.3, -0.25) is 10.1 Å². The molecule has 0 aliphatic carbocycles. The minimum atomic E-state index is -0.635. The van der Waals surface area contributed by atoms with E-state index in [0.29, 0.717) is 10.4 Å². The van der Waals surface area contributed by atoms with Crippen molar-refractivity contribution in [2.45, 2.75) is 19.4 Å². The van der Waals surface area contributed by atoms with Crippen molar-refractivity contribution in [2.75, 3.05) is 0 Å². The number of ether oxygens (including phenoxy) is 1. The summed E-state index contributed by atoms with van der Waals surface area (Å²) >= 11 is 5.21. The average Bonchev–Trinajstić information content (AvgIpc) is 2.37. The Morgan fingerprint density at radius 3 is 2.73 bits per heavy atom. The van der Waals surface area contributed by atoms with Crippen molar-refractivity contribution in [3.05, 3.63) is 33.9 Å². The quantitative estimate of drug-likeness (QED) is 0.417. The van der Waals surface area contributed by atoms with Crippen molar-refractivity contribution >= 4 is 22.8 Å². The molecule has 1 aromatic rings. The van der Waals surface area contributed by atoms with E-state index in [-0.39, 0.29) is 11.4 Å². The van der Waals surface area contributed by atoms with E-state index in [9.17, 15) is 10.1 Å². The lowest BCUT2D eigenvalue weighted by atomic mass is 10.0. The molecule has 0 saturated heterocycles. The van der Waals surface area contributed by atoms with Gasteiger partial charge < -0.3 is 4.74 Å². The van der Waals surface area contributed by atoms with E-state index in [1.54, 1.807) is 26.0 Å². The maximum absolute atomic E-state index is 10.8. The highest BCUT2D eigenvalue weighted by Gasteiger charge is 2.40. The minimum Gasteiger partial charge on any atom is -0.475 e. The Morgan fingerprint density at radius 1 is 1.47 bits per heavy atom. The van der Waals surface area contributed by atoms with Crippen LogP contribution in [0, 0.1) is 10.1 Å². The molecule has 2 rings (SSSR count). The third-order valence-corrected chi connectivity index (χ3v) is 3.05. The lowest BCUT2D eigenvalue weighted by Gasteiger charge is -2.17. The molecular formula is C10H9NO3S. The Balaban J connectivity index is 2.64. The molecule has 1 heterocycles. The predicted octanol–water partition coefficient (Wildman–Crippen LogP) is 2.48. The summed E-state index contributed by atoms with van der Waals surface area (Å²) in [4.78, 5) is 10.9. The van der Waals surface area contributed by atoms with E-state index in [1.165, 1.54) is 6.07 Å². The maximum Gasteiger partial charge on any atom is 0.311 e. The fourth-order valence-corrected chi connectivity index (χ4v) is 1.78. The van der Waals surface area contributed by atoms with Crippen LogP contribution in [0.1, 0.15) is 19.4 Å². The highest BCUT2D eigenvalue weighted by atomic mass is 32.1. The SMILES string of the molecule is CC1(C)Oc2c(cccc2[N+](=O)[O-])C1=S. The molecule has 0 fully saturated rings. The van der Waals surface area contributed by atoms with Crippen molar-refractivity contribution in [1.29, 1.82) is 0 Å². The number of nitro benzene ring substituents is 1. The number of hydrogen-bond donors (Lipinski definition) is 0. The average molecular weight is 223 g/mol. The lowest BCUT2D eigenvalue weighted by molar-refractivity contribution is -0.386. The van der Waals surface area contributed by atoms with Gasteiger partial charge >= 0.3 is 5.69 Å². The van der Waals surface area contributed by atoms with Crippen LogP contribution in [-0.4, -0.2) is 15.4 Å². The third kappa shape index (κ3) is 1.39. The molecule has 0 amide bonds. The molecule has 78 valence electrons. The number of fused-ring (bicyclic) bond motifs is 1. The summed E-state index contributed by atoms with van der Waals surface area (Å²) in [5.74, 6) is 0.289. The van der Waals surface area contributed by atoms with E-state index in [2.05, 4.69) is 0 Å². The Labute approximate surface area is 92.0 Å². The standard InChI is InChI=1S/C10H9NO3S/c1-10(2)9(15)6-4-3-5-7(11(12)13)8(6)14-10/h3-5H,1-2H3. The molecule has 0 atom stereocenters. The van der Waals surface area contributed by atoms with Crippen LogP contribution in [-0.2, 0) is 0 Å². The van der Waals surface area contributed by atoms with Crippen LogP contribution < -0.4 is 4.74 Å². The van der Waals surface area contributed by atoms with E-state index < -0.39 is 10.5 Å². The second-order valence-corrected chi connectivity index (χ2v) is 4.26.